The summed E-state index contributed by atoms with van der Waals surface area (Å²) < 4.78 is 5.52. The number of rotatable bonds is 3. The number of nitrogens with zero attached hydrogens (tertiary/aromatic N) is 2. The number of hydrazone groups is 1. The molecule has 4 aromatic rings. The standard InChI is InChI=1S/C25H21N3O3/c1-14-11-18-22(12-15(14)2)31-25(30)23(24(18)29)21-13-20(27-28-21)17-8-4-3-7-16(17)19-9-5-6-10-26-19/h3-12,20,27,29H,13H2,1-2H3. The molecule has 1 aliphatic rings. The van der Waals surface area contributed by atoms with Crippen LogP contribution in [0.15, 0.2) is 75.1 Å². The van der Waals surface area contributed by atoms with Gasteiger partial charge < -0.3 is 14.9 Å². The second-order valence-electron chi connectivity index (χ2n) is 7.79. The Kier molecular flexibility index (Phi) is 4.55. The van der Waals surface area contributed by atoms with E-state index in [1.807, 2.05) is 62.4 Å². The van der Waals surface area contributed by atoms with Crippen molar-refractivity contribution in [3.05, 3.63) is 93.5 Å². The van der Waals surface area contributed by atoms with Gasteiger partial charge in [0.15, 0.2) is 0 Å². The monoisotopic (exact) mass is 411 g/mol. The van der Waals surface area contributed by atoms with E-state index in [2.05, 4.69) is 15.5 Å². The van der Waals surface area contributed by atoms with Crippen LogP contribution in [0.1, 0.15) is 34.7 Å². The Morgan fingerprint density at radius 2 is 1.84 bits per heavy atom. The minimum absolute atomic E-state index is 0.0893. The van der Waals surface area contributed by atoms with Gasteiger partial charge >= 0.3 is 5.63 Å². The number of aryl methyl sites for hydroxylation is 2. The summed E-state index contributed by atoms with van der Waals surface area (Å²) in [5, 5.41) is 15.8. The number of benzene rings is 2. The molecule has 6 nitrogen and oxygen atoms in total. The first-order valence-corrected chi connectivity index (χ1v) is 10.1. The molecule has 0 aliphatic carbocycles. The molecular formula is C25H21N3O3. The summed E-state index contributed by atoms with van der Waals surface area (Å²) in [5.41, 5.74) is 8.39. The maximum absolute atomic E-state index is 12.7. The lowest BCUT2D eigenvalue weighted by atomic mass is 9.93. The quantitative estimate of drug-likeness (QED) is 0.481. The number of aromatic hydroxyl groups is 1. The lowest BCUT2D eigenvalue weighted by Gasteiger charge is -2.15. The molecular weight excluding hydrogens is 390 g/mol. The SMILES string of the molecule is Cc1cc2oc(=O)c(C3=NNC(c4ccccc4-c4ccccn4)C3)c(O)c2cc1C. The van der Waals surface area contributed by atoms with Crippen molar-refractivity contribution in [1.82, 2.24) is 10.4 Å². The van der Waals surface area contributed by atoms with Crippen LogP contribution in [0.3, 0.4) is 0 Å². The molecule has 0 fully saturated rings. The lowest BCUT2D eigenvalue weighted by molar-refractivity contribution is 0.466. The molecule has 5 rings (SSSR count). The lowest BCUT2D eigenvalue weighted by Crippen LogP contribution is -2.15. The molecule has 0 saturated heterocycles. The van der Waals surface area contributed by atoms with Crippen molar-refractivity contribution in [2.24, 2.45) is 5.10 Å². The van der Waals surface area contributed by atoms with Gasteiger partial charge in [-0.25, -0.2) is 4.79 Å². The number of pyridine rings is 1. The first-order valence-electron chi connectivity index (χ1n) is 10.1. The van der Waals surface area contributed by atoms with Crippen molar-refractivity contribution in [3.8, 4) is 17.0 Å². The Labute approximate surface area is 178 Å². The highest BCUT2D eigenvalue weighted by Crippen LogP contribution is 2.35. The second-order valence-corrected chi connectivity index (χ2v) is 7.79. The van der Waals surface area contributed by atoms with Gasteiger partial charge in [0.1, 0.15) is 16.9 Å². The van der Waals surface area contributed by atoms with Crippen molar-refractivity contribution in [1.29, 1.82) is 0 Å². The number of fused-ring (bicyclic) bond motifs is 1. The molecule has 0 bridgehead atoms. The van der Waals surface area contributed by atoms with E-state index in [4.69, 9.17) is 4.42 Å². The number of hydrogen-bond acceptors (Lipinski definition) is 6. The number of hydrogen-bond donors (Lipinski definition) is 2. The highest BCUT2D eigenvalue weighted by Gasteiger charge is 2.28. The Bertz CT molecular complexity index is 1390. The Morgan fingerprint density at radius 3 is 2.65 bits per heavy atom. The van der Waals surface area contributed by atoms with Crippen LogP contribution in [0.5, 0.6) is 5.75 Å². The van der Waals surface area contributed by atoms with Crippen molar-refractivity contribution in [3.63, 3.8) is 0 Å². The summed E-state index contributed by atoms with van der Waals surface area (Å²) >= 11 is 0. The van der Waals surface area contributed by atoms with E-state index in [-0.39, 0.29) is 17.4 Å². The summed E-state index contributed by atoms with van der Waals surface area (Å²) in [4.78, 5) is 17.2. The first kappa shape index (κ1) is 19.1. The van der Waals surface area contributed by atoms with Gasteiger partial charge in [-0.2, -0.15) is 5.10 Å². The van der Waals surface area contributed by atoms with Crippen LogP contribution in [0.2, 0.25) is 0 Å². The van der Waals surface area contributed by atoms with Gasteiger partial charge in [0.25, 0.3) is 0 Å². The molecule has 6 heteroatoms. The second kappa shape index (κ2) is 7.40. The molecule has 2 aromatic carbocycles. The van der Waals surface area contributed by atoms with Crippen LogP contribution in [0.25, 0.3) is 22.2 Å². The molecule has 1 unspecified atom stereocenters. The molecule has 3 heterocycles. The predicted octanol–water partition coefficient (Wildman–Crippen LogP) is 4.62. The third kappa shape index (κ3) is 3.26. The number of nitrogens with one attached hydrogen (secondary N) is 1. The molecule has 154 valence electrons. The first-order chi connectivity index (χ1) is 15.0. The van der Waals surface area contributed by atoms with Gasteiger partial charge in [-0.05, 0) is 54.8 Å². The smallest absolute Gasteiger partial charge is 0.349 e. The average Bonchev–Trinajstić information content (AvgIpc) is 3.25. The van der Waals surface area contributed by atoms with E-state index in [1.54, 1.807) is 12.3 Å². The fourth-order valence-electron chi connectivity index (χ4n) is 4.03. The molecule has 0 amide bonds. The maximum atomic E-state index is 12.7. The minimum atomic E-state index is -0.590. The van der Waals surface area contributed by atoms with Gasteiger partial charge in [-0.3, -0.25) is 4.98 Å². The van der Waals surface area contributed by atoms with Crippen LogP contribution in [0, 0.1) is 13.8 Å². The molecule has 2 aromatic heterocycles. The van der Waals surface area contributed by atoms with E-state index in [0.717, 1.165) is 27.9 Å². The summed E-state index contributed by atoms with van der Waals surface area (Å²) in [6.45, 7) is 3.90. The zero-order valence-corrected chi connectivity index (χ0v) is 17.2. The van der Waals surface area contributed by atoms with E-state index in [1.165, 1.54) is 0 Å². The number of aromatic nitrogens is 1. The van der Waals surface area contributed by atoms with E-state index < -0.39 is 5.63 Å². The zero-order chi connectivity index (χ0) is 21.5. The molecule has 31 heavy (non-hydrogen) atoms. The van der Waals surface area contributed by atoms with E-state index >= 15 is 0 Å². The molecule has 0 saturated carbocycles. The zero-order valence-electron chi connectivity index (χ0n) is 17.2. The summed E-state index contributed by atoms with van der Waals surface area (Å²) in [7, 11) is 0. The van der Waals surface area contributed by atoms with Crippen molar-refractivity contribution in [2.75, 3.05) is 0 Å². The summed E-state index contributed by atoms with van der Waals surface area (Å²) in [6, 6.07) is 17.2. The fourth-order valence-corrected chi connectivity index (χ4v) is 4.03. The van der Waals surface area contributed by atoms with Crippen LogP contribution >= 0.6 is 0 Å². The largest absolute Gasteiger partial charge is 0.506 e. The van der Waals surface area contributed by atoms with E-state index in [9.17, 15) is 9.90 Å². The van der Waals surface area contributed by atoms with Crippen molar-refractivity contribution < 1.29 is 9.52 Å². The predicted molar refractivity (Wildman–Crippen MR) is 120 cm³/mol. The fraction of sp³-hybridized carbons (Fsp3) is 0.160. The molecule has 1 atom stereocenters. The molecule has 0 radical (unpaired) electrons. The molecule has 2 N–H and O–H groups in total. The van der Waals surface area contributed by atoms with Crippen LogP contribution in [-0.4, -0.2) is 15.8 Å². The van der Waals surface area contributed by atoms with Gasteiger partial charge in [0, 0.05) is 18.2 Å². The maximum Gasteiger partial charge on any atom is 0.349 e. The van der Waals surface area contributed by atoms with Gasteiger partial charge in [-0.15, -0.1) is 0 Å². The van der Waals surface area contributed by atoms with Gasteiger partial charge in [0.05, 0.1) is 22.8 Å². The van der Waals surface area contributed by atoms with Crippen molar-refractivity contribution in [2.45, 2.75) is 26.3 Å². The minimum Gasteiger partial charge on any atom is -0.506 e. The van der Waals surface area contributed by atoms with Crippen LogP contribution < -0.4 is 11.1 Å². The Morgan fingerprint density at radius 1 is 1.06 bits per heavy atom. The third-order valence-electron chi connectivity index (χ3n) is 5.81. The summed E-state index contributed by atoms with van der Waals surface area (Å²) in [5.74, 6) is -0.0893. The average molecular weight is 411 g/mol. The van der Waals surface area contributed by atoms with Gasteiger partial charge in [-0.1, -0.05) is 30.3 Å². The van der Waals surface area contributed by atoms with E-state index in [0.29, 0.717) is 23.1 Å². The third-order valence-corrected chi connectivity index (χ3v) is 5.81. The van der Waals surface area contributed by atoms with Crippen molar-refractivity contribution >= 4 is 16.7 Å². The van der Waals surface area contributed by atoms with Crippen LogP contribution in [0.4, 0.5) is 0 Å². The molecule has 1 aliphatic heterocycles. The van der Waals surface area contributed by atoms with Gasteiger partial charge in [0.2, 0.25) is 0 Å². The normalized spacial score (nSPS) is 15.7. The highest BCUT2D eigenvalue weighted by atomic mass is 16.4. The Balaban J connectivity index is 1.53. The topological polar surface area (TPSA) is 87.7 Å². The Hall–Kier alpha value is -3.93. The summed E-state index contributed by atoms with van der Waals surface area (Å²) in [6.07, 6.45) is 2.21. The highest BCUT2D eigenvalue weighted by molar-refractivity contribution is 6.07. The molecule has 0 spiro atoms. The van der Waals surface area contributed by atoms with Crippen LogP contribution in [-0.2, 0) is 0 Å².